The lowest BCUT2D eigenvalue weighted by Gasteiger charge is -2.30. The third-order valence-electron chi connectivity index (χ3n) is 5.38. The van der Waals surface area contributed by atoms with Gasteiger partial charge in [0, 0.05) is 25.6 Å². The van der Waals surface area contributed by atoms with Gasteiger partial charge in [-0.1, -0.05) is 30.3 Å². The molecule has 0 unspecified atom stereocenters. The Labute approximate surface area is 182 Å². The number of likely N-dealkylation sites (N-methyl/N-ethyl adjacent to an activating group) is 1. The van der Waals surface area contributed by atoms with Gasteiger partial charge >= 0.3 is 0 Å². The summed E-state index contributed by atoms with van der Waals surface area (Å²) in [6.07, 6.45) is 1.74. The van der Waals surface area contributed by atoms with Crippen LogP contribution < -0.4 is 15.4 Å². The largest absolute Gasteiger partial charge is 0.494 e. The number of nitrogens with one attached hydrogen (secondary N) is 2. The van der Waals surface area contributed by atoms with Crippen molar-refractivity contribution in [1.82, 2.24) is 15.5 Å². The average molecular weight is 424 g/mol. The molecule has 1 aliphatic heterocycles. The van der Waals surface area contributed by atoms with Crippen molar-refractivity contribution in [3.05, 3.63) is 65.7 Å². The molecule has 2 aromatic rings. The molecule has 1 aliphatic rings. The molecule has 2 aromatic carbocycles. The Balaban J connectivity index is 1.79. The molecule has 0 aliphatic carbocycles. The number of piperidine rings is 1. The highest BCUT2D eigenvalue weighted by atomic mass is 16.5. The van der Waals surface area contributed by atoms with Crippen LogP contribution in [0.3, 0.4) is 0 Å². The van der Waals surface area contributed by atoms with Crippen LogP contribution in [-0.4, -0.2) is 54.9 Å². The molecule has 3 rings (SSSR count). The highest BCUT2D eigenvalue weighted by Crippen LogP contribution is 2.17. The highest BCUT2D eigenvalue weighted by Gasteiger charge is 2.32. The molecule has 7 nitrogen and oxygen atoms in total. The maximum Gasteiger partial charge on any atom is 0.254 e. The molecule has 0 radical (unpaired) electrons. The Bertz CT molecular complexity index is 899. The molecule has 1 saturated heterocycles. The highest BCUT2D eigenvalue weighted by molar-refractivity contribution is 5.98. The number of carbonyl (C=O) groups is 3. The lowest BCUT2D eigenvalue weighted by molar-refractivity contribution is -0.132. The molecule has 164 valence electrons. The van der Waals surface area contributed by atoms with Gasteiger partial charge in [-0.05, 0) is 49.6 Å². The molecule has 7 heteroatoms. The van der Waals surface area contributed by atoms with Crippen LogP contribution >= 0.6 is 0 Å². The minimum absolute atomic E-state index is 0.182. The van der Waals surface area contributed by atoms with Gasteiger partial charge in [-0.25, -0.2) is 0 Å². The van der Waals surface area contributed by atoms with Crippen LogP contribution in [0.4, 0.5) is 0 Å². The fourth-order valence-corrected chi connectivity index (χ4v) is 3.63. The van der Waals surface area contributed by atoms with Crippen molar-refractivity contribution in [3.8, 4) is 5.75 Å². The van der Waals surface area contributed by atoms with E-state index in [9.17, 15) is 14.4 Å². The normalized spacial score (nSPS) is 16.7. The second kappa shape index (κ2) is 10.6. The number of hydrogen-bond acceptors (Lipinski definition) is 4. The number of rotatable bonds is 8. The van der Waals surface area contributed by atoms with Crippen molar-refractivity contribution in [2.45, 2.75) is 38.3 Å². The van der Waals surface area contributed by atoms with E-state index in [0.717, 1.165) is 12.0 Å². The first kappa shape index (κ1) is 22.3. The summed E-state index contributed by atoms with van der Waals surface area (Å²) < 4.78 is 5.43. The van der Waals surface area contributed by atoms with Gasteiger partial charge in [-0.2, -0.15) is 0 Å². The Kier molecular flexibility index (Phi) is 7.65. The van der Waals surface area contributed by atoms with E-state index in [-0.39, 0.29) is 17.7 Å². The van der Waals surface area contributed by atoms with Crippen LogP contribution in [0.2, 0.25) is 0 Å². The summed E-state index contributed by atoms with van der Waals surface area (Å²) in [5, 5.41) is 5.61. The molecule has 1 heterocycles. The van der Waals surface area contributed by atoms with Gasteiger partial charge in [0.05, 0.1) is 6.61 Å². The van der Waals surface area contributed by atoms with Crippen LogP contribution in [0.25, 0.3) is 0 Å². The predicted molar refractivity (Wildman–Crippen MR) is 118 cm³/mol. The van der Waals surface area contributed by atoms with E-state index in [0.29, 0.717) is 37.3 Å². The summed E-state index contributed by atoms with van der Waals surface area (Å²) in [6.45, 7) is 3.06. The van der Waals surface area contributed by atoms with Crippen molar-refractivity contribution >= 4 is 17.7 Å². The van der Waals surface area contributed by atoms with Gasteiger partial charge in [0.1, 0.15) is 17.8 Å². The maximum absolute atomic E-state index is 13.2. The SMILES string of the molecule is CCOc1ccc(C(=O)N(C)[C@@H](Cc2ccccc2)C(=O)N[C@H]2CCCNC2=O)cc1. The van der Waals surface area contributed by atoms with Gasteiger partial charge < -0.3 is 20.3 Å². The van der Waals surface area contributed by atoms with E-state index < -0.39 is 12.1 Å². The van der Waals surface area contributed by atoms with E-state index in [1.807, 2.05) is 37.3 Å². The van der Waals surface area contributed by atoms with Gasteiger partial charge in [0.15, 0.2) is 0 Å². The molecule has 0 aromatic heterocycles. The quantitative estimate of drug-likeness (QED) is 0.681. The van der Waals surface area contributed by atoms with Crippen LogP contribution in [0, 0.1) is 0 Å². The summed E-state index contributed by atoms with van der Waals surface area (Å²) in [7, 11) is 1.62. The van der Waals surface area contributed by atoms with Crippen molar-refractivity contribution in [2.75, 3.05) is 20.2 Å². The van der Waals surface area contributed by atoms with Crippen molar-refractivity contribution in [1.29, 1.82) is 0 Å². The van der Waals surface area contributed by atoms with E-state index in [2.05, 4.69) is 10.6 Å². The number of hydrogen-bond donors (Lipinski definition) is 2. The van der Waals surface area contributed by atoms with Gasteiger partial charge in [-0.15, -0.1) is 0 Å². The molecule has 0 bridgehead atoms. The Morgan fingerprint density at radius 1 is 1.16 bits per heavy atom. The number of nitrogens with zero attached hydrogens (tertiary/aromatic N) is 1. The minimum atomic E-state index is -0.754. The monoisotopic (exact) mass is 423 g/mol. The van der Waals surface area contributed by atoms with Gasteiger partial charge in [0.2, 0.25) is 11.8 Å². The molecule has 2 atom stereocenters. The standard InChI is InChI=1S/C24H29N3O4/c1-3-31-19-13-11-18(12-14-19)24(30)27(2)21(16-17-8-5-4-6-9-17)23(29)26-20-10-7-15-25-22(20)28/h4-6,8-9,11-14,20-21H,3,7,10,15-16H2,1-2H3,(H,25,28)(H,26,29)/t20-,21-/m0/s1. The molecule has 0 spiro atoms. The molecule has 0 saturated carbocycles. The predicted octanol–water partition coefficient (Wildman–Crippen LogP) is 2.16. The Morgan fingerprint density at radius 3 is 2.52 bits per heavy atom. The van der Waals surface area contributed by atoms with Gasteiger partial charge in [0.25, 0.3) is 5.91 Å². The van der Waals surface area contributed by atoms with Crippen molar-refractivity contribution < 1.29 is 19.1 Å². The van der Waals surface area contributed by atoms with Crippen molar-refractivity contribution in [2.24, 2.45) is 0 Å². The minimum Gasteiger partial charge on any atom is -0.494 e. The van der Waals surface area contributed by atoms with E-state index in [4.69, 9.17) is 4.74 Å². The second-order valence-corrected chi connectivity index (χ2v) is 7.57. The third-order valence-corrected chi connectivity index (χ3v) is 5.38. The zero-order chi connectivity index (χ0) is 22.2. The summed E-state index contributed by atoms with van der Waals surface area (Å²) >= 11 is 0. The van der Waals surface area contributed by atoms with Crippen LogP contribution in [0.15, 0.2) is 54.6 Å². The number of benzene rings is 2. The van der Waals surface area contributed by atoms with Crippen LogP contribution in [0.5, 0.6) is 5.75 Å². The second-order valence-electron chi connectivity index (χ2n) is 7.57. The first-order chi connectivity index (χ1) is 15.0. The van der Waals surface area contributed by atoms with Crippen molar-refractivity contribution in [3.63, 3.8) is 0 Å². The van der Waals surface area contributed by atoms with Crippen LogP contribution in [0.1, 0.15) is 35.7 Å². The zero-order valence-corrected chi connectivity index (χ0v) is 18.0. The molecule has 3 amide bonds. The number of carbonyl (C=O) groups excluding carboxylic acids is 3. The number of amides is 3. The first-order valence-corrected chi connectivity index (χ1v) is 10.6. The molecular weight excluding hydrogens is 394 g/mol. The maximum atomic E-state index is 13.2. The first-order valence-electron chi connectivity index (χ1n) is 10.6. The molecule has 1 fully saturated rings. The van der Waals surface area contributed by atoms with Gasteiger partial charge in [-0.3, -0.25) is 14.4 Å². The van der Waals surface area contributed by atoms with E-state index in [1.165, 1.54) is 4.90 Å². The fourth-order valence-electron chi connectivity index (χ4n) is 3.63. The zero-order valence-electron chi connectivity index (χ0n) is 18.0. The molecule has 2 N–H and O–H groups in total. The van der Waals surface area contributed by atoms with E-state index >= 15 is 0 Å². The molecule has 31 heavy (non-hydrogen) atoms. The smallest absolute Gasteiger partial charge is 0.254 e. The Hall–Kier alpha value is -3.35. The summed E-state index contributed by atoms with van der Waals surface area (Å²) in [6, 6.07) is 15.1. The third kappa shape index (κ3) is 5.84. The number of ether oxygens (including phenoxy) is 1. The summed E-state index contributed by atoms with van der Waals surface area (Å²) in [5.74, 6) is -0.109. The van der Waals surface area contributed by atoms with E-state index in [1.54, 1.807) is 31.3 Å². The molecular formula is C24H29N3O4. The van der Waals surface area contributed by atoms with Crippen LogP contribution in [-0.2, 0) is 16.0 Å². The lowest BCUT2D eigenvalue weighted by atomic mass is 10.0. The summed E-state index contributed by atoms with van der Waals surface area (Å²) in [4.78, 5) is 39.9. The average Bonchev–Trinajstić information content (AvgIpc) is 2.79. The topological polar surface area (TPSA) is 87.7 Å². The summed E-state index contributed by atoms with van der Waals surface area (Å²) in [5.41, 5.74) is 1.40. The fraction of sp³-hybridized carbons (Fsp3) is 0.375. The lowest BCUT2D eigenvalue weighted by Crippen LogP contribution is -2.56. The Morgan fingerprint density at radius 2 is 1.87 bits per heavy atom.